The second-order valence-electron chi connectivity index (χ2n) is 5.03. The van der Waals surface area contributed by atoms with Gasteiger partial charge in [-0.05, 0) is 42.1 Å². The Morgan fingerprint density at radius 2 is 1.96 bits per heavy atom. The number of methoxy groups -OCH3 is 1. The molecule has 7 heteroatoms. The second kappa shape index (κ2) is 9.05. The molecule has 0 spiro atoms. The lowest BCUT2D eigenvalue weighted by Gasteiger charge is -2.08. The lowest BCUT2D eigenvalue weighted by atomic mass is 10.2. The number of hydrogen-bond acceptors (Lipinski definition) is 5. The predicted octanol–water partition coefficient (Wildman–Crippen LogP) is 3.39. The molecule has 0 unspecified atom stereocenters. The van der Waals surface area contributed by atoms with Crippen LogP contribution in [0.25, 0.3) is 0 Å². The van der Waals surface area contributed by atoms with Crippen LogP contribution < -0.4 is 10.1 Å². The highest BCUT2D eigenvalue weighted by molar-refractivity contribution is 7.12. The number of carbonyl (C=O) groups is 2. The number of aliphatic carboxylic acids is 1. The number of hydrogen-bond donors (Lipinski definition) is 2. The summed E-state index contributed by atoms with van der Waals surface area (Å²) in [5.74, 6) is -0.375. The number of carboxylic acid groups (broad SMARTS) is 1. The molecule has 128 valence electrons. The smallest absolute Gasteiger partial charge is 0.303 e. The monoisotopic (exact) mass is 349 g/mol. The minimum Gasteiger partial charge on any atom is -0.494 e. The highest BCUT2D eigenvalue weighted by atomic mass is 32.1. The van der Waals surface area contributed by atoms with E-state index in [4.69, 9.17) is 14.6 Å². The van der Waals surface area contributed by atoms with Crippen LogP contribution in [-0.2, 0) is 16.1 Å². The van der Waals surface area contributed by atoms with Crippen molar-refractivity contribution in [3.8, 4) is 5.75 Å². The number of thiophene rings is 1. The maximum absolute atomic E-state index is 12.3. The van der Waals surface area contributed by atoms with Crippen molar-refractivity contribution in [1.82, 2.24) is 0 Å². The number of carboxylic acids is 1. The zero-order chi connectivity index (χ0) is 17.4. The van der Waals surface area contributed by atoms with Crippen molar-refractivity contribution in [2.45, 2.75) is 19.4 Å². The van der Waals surface area contributed by atoms with E-state index in [-0.39, 0.29) is 12.3 Å². The first-order chi connectivity index (χ1) is 11.6. The van der Waals surface area contributed by atoms with Crippen LogP contribution in [0.4, 0.5) is 5.69 Å². The fourth-order valence-electron chi connectivity index (χ4n) is 2.04. The topological polar surface area (TPSA) is 84.9 Å². The van der Waals surface area contributed by atoms with Crippen molar-refractivity contribution in [2.24, 2.45) is 0 Å². The highest BCUT2D eigenvalue weighted by Gasteiger charge is 2.13. The van der Waals surface area contributed by atoms with E-state index < -0.39 is 5.97 Å². The molecule has 1 aromatic heterocycles. The summed E-state index contributed by atoms with van der Waals surface area (Å²) in [6.45, 7) is 0.739. The number of carbonyl (C=O) groups excluding carboxylic acids is 1. The maximum atomic E-state index is 12.3. The summed E-state index contributed by atoms with van der Waals surface area (Å²) in [6, 6.07) is 8.83. The van der Waals surface area contributed by atoms with Crippen LogP contribution in [0.1, 0.15) is 28.1 Å². The Hall–Kier alpha value is -2.38. The van der Waals surface area contributed by atoms with Gasteiger partial charge in [-0.1, -0.05) is 0 Å². The van der Waals surface area contributed by atoms with Crippen molar-refractivity contribution in [3.05, 3.63) is 46.2 Å². The molecule has 2 rings (SSSR count). The van der Waals surface area contributed by atoms with E-state index in [0.717, 1.165) is 5.56 Å². The number of rotatable bonds is 9. The molecule has 1 aromatic carbocycles. The molecule has 0 aliphatic carbocycles. The lowest BCUT2D eigenvalue weighted by molar-refractivity contribution is -0.137. The zero-order valence-corrected chi connectivity index (χ0v) is 14.1. The summed E-state index contributed by atoms with van der Waals surface area (Å²) < 4.78 is 10.5. The van der Waals surface area contributed by atoms with E-state index in [9.17, 15) is 9.59 Å². The van der Waals surface area contributed by atoms with Gasteiger partial charge in [0.05, 0.1) is 18.1 Å². The summed E-state index contributed by atoms with van der Waals surface area (Å²) in [6.07, 6.45) is 0.535. The van der Waals surface area contributed by atoms with E-state index in [1.165, 1.54) is 11.3 Å². The van der Waals surface area contributed by atoms with Crippen LogP contribution in [0, 0.1) is 0 Å². The minimum atomic E-state index is -0.835. The molecule has 0 radical (unpaired) electrons. The van der Waals surface area contributed by atoms with E-state index in [1.54, 1.807) is 31.4 Å². The van der Waals surface area contributed by atoms with Crippen molar-refractivity contribution < 1.29 is 24.2 Å². The number of benzene rings is 1. The van der Waals surface area contributed by atoms with Crippen LogP contribution in [0.3, 0.4) is 0 Å². The summed E-state index contributed by atoms with van der Waals surface area (Å²) >= 11 is 1.37. The number of nitrogens with one attached hydrogen (secondary N) is 1. The SMILES string of the molecule is COCc1ccsc1C(=O)Nc1ccc(OCCCC(=O)O)cc1. The van der Waals surface area contributed by atoms with Crippen molar-refractivity contribution >= 4 is 28.9 Å². The van der Waals surface area contributed by atoms with Gasteiger partial charge in [-0.2, -0.15) is 0 Å². The molecule has 0 atom stereocenters. The van der Waals surface area contributed by atoms with E-state index in [0.29, 0.717) is 35.9 Å². The molecule has 2 aromatic rings. The van der Waals surface area contributed by atoms with Gasteiger partial charge in [0, 0.05) is 24.8 Å². The second-order valence-corrected chi connectivity index (χ2v) is 5.95. The number of anilines is 1. The third-order valence-corrected chi connectivity index (χ3v) is 4.12. The van der Waals surface area contributed by atoms with E-state index >= 15 is 0 Å². The fraction of sp³-hybridized carbons (Fsp3) is 0.294. The van der Waals surface area contributed by atoms with Crippen molar-refractivity contribution in [2.75, 3.05) is 19.0 Å². The number of amides is 1. The third kappa shape index (κ3) is 5.36. The lowest BCUT2D eigenvalue weighted by Crippen LogP contribution is -2.12. The Morgan fingerprint density at radius 3 is 2.62 bits per heavy atom. The molecule has 0 aliphatic rings. The van der Waals surface area contributed by atoms with E-state index in [2.05, 4.69) is 5.32 Å². The highest BCUT2D eigenvalue weighted by Crippen LogP contribution is 2.21. The van der Waals surface area contributed by atoms with Gasteiger partial charge < -0.3 is 19.9 Å². The van der Waals surface area contributed by atoms with Gasteiger partial charge in [-0.3, -0.25) is 9.59 Å². The summed E-state index contributed by atoms with van der Waals surface area (Å²) in [7, 11) is 1.59. The normalized spacial score (nSPS) is 10.4. The molecule has 0 bridgehead atoms. The molecular weight excluding hydrogens is 330 g/mol. The van der Waals surface area contributed by atoms with Gasteiger partial charge in [0.25, 0.3) is 5.91 Å². The summed E-state index contributed by atoms with van der Waals surface area (Å²) in [4.78, 5) is 23.3. The Kier molecular flexibility index (Phi) is 6.77. The van der Waals surface area contributed by atoms with Gasteiger partial charge in [0.1, 0.15) is 5.75 Å². The van der Waals surface area contributed by atoms with Gasteiger partial charge in [0.15, 0.2) is 0 Å². The molecule has 0 fully saturated rings. The molecule has 6 nitrogen and oxygen atoms in total. The van der Waals surface area contributed by atoms with Gasteiger partial charge in [-0.25, -0.2) is 0 Å². The standard InChI is InChI=1S/C17H19NO5S/c1-22-11-12-8-10-24-16(12)17(21)18-13-4-6-14(7-5-13)23-9-2-3-15(19)20/h4-8,10H,2-3,9,11H2,1H3,(H,18,21)(H,19,20). The third-order valence-electron chi connectivity index (χ3n) is 3.17. The molecular formula is C17H19NO5S. The average molecular weight is 349 g/mol. The van der Waals surface area contributed by atoms with Crippen LogP contribution in [0.15, 0.2) is 35.7 Å². The maximum Gasteiger partial charge on any atom is 0.303 e. The van der Waals surface area contributed by atoms with Crippen LogP contribution >= 0.6 is 11.3 Å². The predicted molar refractivity (Wildman–Crippen MR) is 91.8 cm³/mol. The molecule has 1 heterocycles. The summed E-state index contributed by atoms with van der Waals surface area (Å²) in [5, 5.41) is 13.3. The Morgan fingerprint density at radius 1 is 1.21 bits per heavy atom. The van der Waals surface area contributed by atoms with Gasteiger partial charge in [0.2, 0.25) is 0 Å². The van der Waals surface area contributed by atoms with Crippen LogP contribution in [-0.4, -0.2) is 30.7 Å². The minimum absolute atomic E-state index is 0.0821. The average Bonchev–Trinajstić information content (AvgIpc) is 3.02. The molecule has 0 aliphatic heterocycles. The van der Waals surface area contributed by atoms with E-state index in [1.807, 2.05) is 11.4 Å². The first kappa shape index (κ1) is 18.0. The Balaban J connectivity index is 1.88. The van der Waals surface area contributed by atoms with Gasteiger partial charge in [-0.15, -0.1) is 11.3 Å². The van der Waals surface area contributed by atoms with Crippen molar-refractivity contribution in [3.63, 3.8) is 0 Å². The quantitative estimate of drug-likeness (QED) is 0.678. The molecule has 0 saturated heterocycles. The largest absolute Gasteiger partial charge is 0.494 e. The summed E-state index contributed by atoms with van der Waals surface area (Å²) in [5.41, 5.74) is 1.52. The number of ether oxygens (including phenoxy) is 2. The first-order valence-corrected chi connectivity index (χ1v) is 8.29. The zero-order valence-electron chi connectivity index (χ0n) is 13.3. The molecule has 1 amide bonds. The molecule has 2 N–H and O–H groups in total. The molecule has 0 saturated carbocycles. The van der Waals surface area contributed by atoms with Crippen LogP contribution in [0.2, 0.25) is 0 Å². The Labute approximate surface area is 144 Å². The molecule has 24 heavy (non-hydrogen) atoms. The first-order valence-electron chi connectivity index (χ1n) is 7.41. The van der Waals surface area contributed by atoms with Gasteiger partial charge >= 0.3 is 5.97 Å². The van der Waals surface area contributed by atoms with Crippen molar-refractivity contribution in [1.29, 1.82) is 0 Å². The van der Waals surface area contributed by atoms with Crippen LogP contribution in [0.5, 0.6) is 5.75 Å². The Bertz CT molecular complexity index is 681. The fourth-order valence-corrected chi connectivity index (χ4v) is 2.84.